The van der Waals surface area contributed by atoms with Crippen molar-refractivity contribution in [2.75, 3.05) is 13.7 Å². The maximum Gasteiger partial charge on any atom is 0.327 e. The van der Waals surface area contributed by atoms with Gasteiger partial charge in [-0.1, -0.05) is 35.9 Å². The van der Waals surface area contributed by atoms with Crippen molar-refractivity contribution >= 4 is 5.97 Å². The number of carbonyl (C=O) groups excluding carboxylic acids is 1. The van der Waals surface area contributed by atoms with E-state index >= 15 is 0 Å². The molecule has 0 radical (unpaired) electrons. The van der Waals surface area contributed by atoms with Gasteiger partial charge in [-0.25, -0.2) is 4.79 Å². The summed E-state index contributed by atoms with van der Waals surface area (Å²) in [5.74, 6) is -0.286. The Morgan fingerprint density at radius 1 is 1.50 bits per heavy atom. The zero-order valence-corrected chi connectivity index (χ0v) is 9.69. The van der Waals surface area contributed by atoms with Gasteiger partial charge in [-0.2, -0.15) is 0 Å². The lowest BCUT2D eigenvalue weighted by atomic mass is 10.1. The van der Waals surface area contributed by atoms with Crippen LogP contribution in [0.3, 0.4) is 0 Å². The van der Waals surface area contributed by atoms with E-state index in [0.717, 1.165) is 11.1 Å². The van der Waals surface area contributed by atoms with Gasteiger partial charge in [0.15, 0.2) is 0 Å². The molecular formula is C13H17NO2. The molecule has 86 valence electrons. The van der Waals surface area contributed by atoms with Crippen molar-refractivity contribution in [3.63, 3.8) is 0 Å². The number of hydrogen-bond acceptors (Lipinski definition) is 3. The minimum absolute atomic E-state index is 0.286. The summed E-state index contributed by atoms with van der Waals surface area (Å²) in [6.07, 6.45) is 1.71. The topological polar surface area (TPSA) is 38.3 Å². The maximum absolute atomic E-state index is 11.6. The van der Waals surface area contributed by atoms with E-state index in [4.69, 9.17) is 4.74 Å². The molecule has 0 saturated heterocycles. The number of hydrogen-bond donors (Lipinski definition) is 1. The minimum atomic E-state index is -0.427. The monoisotopic (exact) mass is 219 g/mol. The largest absolute Gasteiger partial charge is 0.468 e. The van der Waals surface area contributed by atoms with Gasteiger partial charge in [-0.15, -0.1) is 6.58 Å². The summed E-state index contributed by atoms with van der Waals surface area (Å²) in [7, 11) is 1.39. The Labute approximate surface area is 96.1 Å². The highest BCUT2D eigenvalue weighted by Crippen LogP contribution is 2.15. The molecule has 0 bridgehead atoms. The van der Waals surface area contributed by atoms with Gasteiger partial charge < -0.3 is 4.74 Å². The van der Waals surface area contributed by atoms with Crippen LogP contribution in [0.1, 0.15) is 17.2 Å². The summed E-state index contributed by atoms with van der Waals surface area (Å²) < 4.78 is 4.76. The van der Waals surface area contributed by atoms with Crippen molar-refractivity contribution in [3.05, 3.63) is 48.0 Å². The number of benzene rings is 1. The third-order valence-corrected chi connectivity index (χ3v) is 2.31. The smallest absolute Gasteiger partial charge is 0.327 e. The average molecular weight is 219 g/mol. The van der Waals surface area contributed by atoms with Gasteiger partial charge in [0.05, 0.1) is 7.11 Å². The Hall–Kier alpha value is -1.61. The molecule has 0 aliphatic rings. The summed E-state index contributed by atoms with van der Waals surface area (Å²) in [5.41, 5.74) is 2.07. The lowest BCUT2D eigenvalue weighted by Gasteiger charge is -2.15. The van der Waals surface area contributed by atoms with E-state index in [0.29, 0.717) is 6.54 Å². The van der Waals surface area contributed by atoms with Crippen LogP contribution < -0.4 is 5.32 Å². The first-order valence-corrected chi connectivity index (χ1v) is 5.17. The van der Waals surface area contributed by atoms with Gasteiger partial charge in [0.2, 0.25) is 0 Å². The molecule has 1 atom stereocenters. The number of rotatable bonds is 5. The first-order valence-electron chi connectivity index (χ1n) is 5.17. The van der Waals surface area contributed by atoms with Crippen molar-refractivity contribution in [3.8, 4) is 0 Å². The maximum atomic E-state index is 11.6. The van der Waals surface area contributed by atoms with Gasteiger partial charge >= 0.3 is 5.97 Å². The fourth-order valence-electron chi connectivity index (χ4n) is 1.42. The van der Waals surface area contributed by atoms with Crippen molar-refractivity contribution in [1.29, 1.82) is 0 Å². The Bertz CT molecular complexity index is 357. The summed E-state index contributed by atoms with van der Waals surface area (Å²) in [6.45, 7) is 6.18. The zero-order valence-electron chi connectivity index (χ0n) is 9.69. The SMILES string of the molecule is C=CCNC(C(=O)OC)c1ccc(C)cc1. The van der Waals surface area contributed by atoms with E-state index in [1.165, 1.54) is 7.11 Å². The van der Waals surface area contributed by atoms with Crippen LogP contribution in [-0.2, 0) is 9.53 Å². The number of nitrogens with one attached hydrogen (secondary N) is 1. The zero-order chi connectivity index (χ0) is 12.0. The molecule has 0 heterocycles. The standard InChI is InChI=1S/C13H17NO2/c1-4-9-14-12(13(15)16-3)11-7-5-10(2)6-8-11/h4-8,12,14H,1,9H2,2-3H3. The third kappa shape index (κ3) is 3.21. The van der Waals surface area contributed by atoms with Crippen LogP contribution in [0.25, 0.3) is 0 Å². The second-order valence-electron chi connectivity index (χ2n) is 3.56. The average Bonchev–Trinajstić information content (AvgIpc) is 2.31. The Balaban J connectivity index is 2.86. The molecule has 1 aromatic rings. The molecule has 0 aromatic heterocycles. The van der Waals surface area contributed by atoms with E-state index in [2.05, 4.69) is 11.9 Å². The first-order chi connectivity index (χ1) is 7.69. The number of aryl methyl sites for hydroxylation is 1. The molecule has 1 rings (SSSR count). The molecule has 0 amide bonds. The number of ether oxygens (including phenoxy) is 1. The molecule has 0 aliphatic heterocycles. The van der Waals surface area contributed by atoms with Crippen molar-refractivity contribution < 1.29 is 9.53 Å². The molecule has 3 heteroatoms. The highest BCUT2D eigenvalue weighted by Gasteiger charge is 2.19. The van der Waals surface area contributed by atoms with E-state index in [1.807, 2.05) is 31.2 Å². The van der Waals surface area contributed by atoms with E-state index in [-0.39, 0.29) is 5.97 Å². The molecule has 0 saturated carbocycles. The lowest BCUT2D eigenvalue weighted by Crippen LogP contribution is -2.29. The molecular weight excluding hydrogens is 202 g/mol. The second kappa shape index (κ2) is 6.08. The molecule has 16 heavy (non-hydrogen) atoms. The highest BCUT2D eigenvalue weighted by molar-refractivity contribution is 5.77. The van der Waals surface area contributed by atoms with Gasteiger partial charge in [0, 0.05) is 6.54 Å². The molecule has 3 nitrogen and oxygen atoms in total. The predicted molar refractivity (Wildman–Crippen MR) is 64.1 cm³/mol. The van der Waals surface area contributed by atoms with Gasteiger partial charge in [0.1, 0.15) is 6.04 Å². The first kappa shape index (κ1) is 12.5. The van der Waals surface area contributed by atoms with Crippen molar-refractivity contribution in [1.82, 2.24) is 5.32 Å². The quantitative estimate of drug-likeness (QED) is 0.608. The second-order valence-corrected chi connectivity index (χ2v) is 3.56. The van der Waals surface area contributed by atoms with Crippen LogP contribution >= 0.6 is 0 Å². The number of carbonyl (C=O) groups is 1. The van der Waals surface area contributed by atoms with Crippen LogP contribution in [0.5, 0.6) is 0 Å². The predicted octanol–water partition coefficient (Wildman–Crippen LogP) is 1.98. The molecule has 1 unspecified atom stereocenters. The summed E-state index contributed by atoms with van der Waals surface area (Å²) in [4.78, 5) is 11.6. The van der Waals surface area contributed by atoms with Crippen LogP contribution in [0, 0.1) is 6.92 Å². The lowest BCUT2D eigenvalue weighted by molar-refractivity contribution is -0.143. The van der Waals surface area contributed by atoms with Crippen LogP contribution in [-0.4, -0.2) is 19.6 Å². The number of esters is 1. The molecule has 0 fully saturated rings. The van der Waals surface area contributed by atoms with Crippen LogP contribution in [0.2, 0.25) is 0 Å². The fourth-order valence-corrected chi connectivity index (χ4v) is 1.42. The Kier molecular flexibility index (Phi) is 4.73. The molecule has 0 aliphatic carbocycles. The van der Waals surface area contributed by atoms with Crippen molar-refractivity contribution in [2.24, 2.45) is 0 Å². The van der Waals surface area contributed by atoms with Gasteiger partial charge in [-0.05, 0) is 12.5 Å². The van der Waals surface area contributed by atoms with Crippen LogP contribution in [0.4, 0.5) is 0 Å². The summed E-state index contributed by atoms with van der Waals surface area (Å²) in [5, 5.41) is 3.06. The third-order valence-electron chi connectivity index (χ3n) is 2.31. The minimum Gasteiger partial charge on any atom is -0.468 e. The Morgan fingerprint density at radius 2 is 2.12 bits per heavy atom. The van der Waals surface area contributed by atoms with Gasteiger partial charge in [0.25, 0.3) is 0 Å². The number of methoxy groups -OCH3 is 1. The van der Waals surface area contributed by atoms with Gasteiger partial charge in [-0.3, -0.25) is 5.32 Å². The molecule has 0 spiro atoms. The Morgan fingerprint density at radius 3 is 2.62 bits per heavy atom. The molecule has 1 aromatic carbocycles. The molecule has 1 N–H and O–H groups in total. The summed E-state index contributed by atoms with van der Waals surface area (Å²) in [6, 6.07) is 7.37. The summed E-state index contributed by atoms with van der Waals surface area (Å²) >= 11 is 0. The normalized spacial score (nSPS) is 11.9. The highest BCUT2D eigenvalue weighted by atomic mass is 16.5. The van der Waals surface area contributed by atoms with Crippen LogP contribution in [0.15, 0.2) is 36.9 Å². The van der Waals surface area contributed by atoms with Crippen molar-refractivity contribution in [2.45, 2.75) is 13.0 Å². The van der Waals surface area contributed by atoms with E-state index in [1.54, 1.807) is 6.08 Å². The van der Waals surface area contributed by atoms with E-state index in [9.17, 15) is 4.79 Å². The fraction of sp³-hybridized carbons (Fsp3) is 0.308. The van der Waals surface area contributed by atoms with E-state index < -0.39 is 6.04 Å².